The molecule has 27 heavy (non-hydrogen) atoms. The maximum atomic E-state index is 11.6. The number of ether oxygens (including phenoxy) is 1. The Morgan fingerprint density at radius 3 is 2.04 bits per heavy atom. The van der Waals surface area contributed by atoms with Gasteiger partial charge in [0.1, 0.15) is 24.4 Å². The number of phosphoric acid groups is 3. The molecular formula is C8H17N2O14P3. The number of aliphatic hydroxyl groups excluding tert-OH is 2. The fourth-order valence-corrected chi connectivity index (χ4v) is 4.96. The maximum Gasteiger partial charge on any atom is 0.490 e. The first-order valence-corrected chi connectivity index (χ1v) is 11.1. The maximum absolute atomic E-state index is 11.6. The number of carbonyl (C=O) groups excluding carboxylic acids is 1. The van der Waals surface area contributed by atoms with Crippen molar-refractivity contribution in [2.75, 3.05) is 6.61 Å². The van der Waals surface area contributed by atoms with Gasteiger partial charge in [-0.05, 0) is 0 Å². The molecule has 1 heterocycles. The van der Waals surface area contributed by atoms with E-state index in [1.54, 1.807) is 0 Å². The molecule has 0 aromatic rings. The van der Waals surface area contributed by atoms with Gasteiger partial charge in [-0.1, -0.05) is 0 Å². The molecule has 16 nitrogen and oxygen atoms in total. The summed E-state index contributed by atoms with van der Waals surface area (Å²) in [5.74, 6) is -1.08. The number of phosphoric ester groups is 1. The number of hydrogen-bond acceptors (Lipinski definition) is 11. The van der Waals surface area contributed by atoms with Gasteiger partial charge in [0, 0.05) is 6.20 Å². The minimum atomic E-state index is -5.71. The Morgan fingerprint density at radius 2 is 1.59 bits per heavy atom. The normalized spacial score (nSPS) is 31.3. The van der Waals surface area contributed by atoms with E-state index in [4.69, 9.17) is 30.9 Å². The van der Waals surface area contributed by atoms with Crippen LogP contribution in [0.5, 0.6) is 0 Å². The third kappa shape index (κ3) is 7.33. The van der Waals surface area contributed by atoms with E-state index in [9.17, 15) is 33.6 Å². The van der Waals surface area contributed by atoms with E-state index in [2.05, 4.69) is 13.1 Å². The number of aliphatic hydroxyl groups is 2. The molecule has 19 heteroatoms. The van der Waals surface area contributed by atoms with E-state index >= 15 is 0 Å². The third-order valence-electron chi connectivity index (χ3n) is 2.95. The van der Waals surface area contributed by atoms with Crippen LogP contribution in [0.1, 0.15) is 0 Å². The fraction of sp³-hybridized carbons (Fsp3) is 0.625. The smallest absolute Gasteiger partial charge is 0.404 e. The van der Waals surface area contributed by atoms with Crippen molar-refractivity contribution in [3.63, 3.8) is 0 Å². The molecule has 0 aromatic carbocycles. The summed E-state index contributed by atoms with van der Waals surface area (Å²) in [5.41, 5.74) is 9.76. The number of nitrogens with two attached hydrogens (primary N) is 2. The van der Waals surface area contributed by atoms with Crippen LogP contribution in [-0.2, 0) is 36.4 Å². The largest absolute Gasteiger partial charge is 0.490 e. The van der Waals surface area contributed by atoms with Gasteiger partial charge in [-0.3, -0.25) is 9.32 Å². The van der Waals surface area contributed by atoms with E-state index in [1.165, 1.54) is 0 Å². The standard InChI is InChI=1S/C8H17N2O14P3/c9-1-3(8(10)13)7-6(12)5(11)4(22-7)2-21-26(17,18)24-27(19,20)23-25(14,15)16/h1,4-7,11-12H,2,9H2,(H2,10,13)(H,17,18)(H,19,20)(H2,14,15,16)/b3-1-/t4-,5?,6+,7+/m1/s1. The Bertz CT molecular complexity index is 734. The van der Waals surface area contributed by atoms with Crippen LogP contribution < -0.4 is 11.5 Å². The van der Waals surface area contributed by atoms with Crippen LogP contribution in [0.4, 0.5) is 0 Å². The van der Waals surface area contributed by atoms with E-state index in [0.717, 1.165) is 0 Å². The molecule has 0 saturated carbocycles. The first kappa shape index (κ1) is 24.3. The molecular weight excluding hydrogens is 441 g/mol. The van der Waals surface area contributed by atoms with Crippen LogP contribution in [0.3, 0.4) is 0 Å². The molecule has 3 unspecified atom stereocenters. The number of primary amides is 1. The predicted molar refractivity (Wildman–Crippen MR) is 82.0 cm³/mol. The summed E-state index contributed by atoms with van der Waals surface area (Å²) in [6.45, 7) is -1.03. The van der Waals surface area contributed by atoms with Crippen molar-refractivity contribution in [2.24, 2.45) is 11.5 Å². The lowest BCUT2D eigenvalue weighted by molar-refractivity contribution is -0.116. The molecule has 0 bridgehead atoms. The molecule has 158 valence electrons. The topological polar surface area (TPSA) is 279 Å². The molecule has 1 aliphatic heterocycles. The van der Waals surface area contributed by atoms with Crippen LogP contribution in [0, 0.1) is 0 Å². The number of carbonyl (C=O) groups is 1. The van der Waals surface area contributed by atoms with E-state index in [1.807, 2.05) is 0 Å². The second kappa shape index (κ2) is 8.76. The Kier molecular flexibility index (Phi) is 7.90. The zero-order valence-electron chi connectivity index (χ0n) is 13.0. The van der Waals surface area contributed by atoms with E-state index < -0.39 is 66.0 Å². The van der Waals surface area contributed by atoms with Crippen LogP contribution >= 0.6 is 23.5 Å². The first-order chi connectivity index (χ1) is 12.1. The van der Waals surface area contributed by atoms with Gasteiger partial charge in [0.2, 0.25) is 5.91 Å². The van der Waals surface area contributed by atoms with Crippen molar-refractivity contribution in [1.29, 1.82) is 0 Å². The molecule has 0 radical (unpaired) electrons. The second-order valence-corrected chi connectivity index (χ2v) is 9.37. The Balaban J connectivity index is 2.77. The van der Waals surface area contributed by atoms with Crippen molar-refractivity contribution < 1.29 is 66.2 Å². The zero-order valence-corrected chi connectivity index (χ0v) is 15.7. The number of rotatable bonds is 9. The highest BCUT2D eigenvalue weighted by molar-refractivity contribution is 7.66. The van der Waals surface area contributed by atoms with Crippen molar-refractivity contribution >= 4 is 29.4 Å². The van der Waals surface area contributed by atoms with Crippen molar-refractivity contribution in [3.05, 3.63) is 11.8 Å². The molecule has 0 aromatic heterocycles. The fourth-order valence-electron chi connectivity index (χ4n) is 1.93. The summed E-state index contributed by atoms with van der Waals surface area (Å²) >= 11 is 0. The molecule has 6 atom stereocenters. The quantitative estimate of drug-likeness (QED) is 0.127. The average Bonchev–Trinajstić information content (AvgIpc) is 2.70. The highest BCUT2D eigenvalue weighted by Crippen LogP contribution is 2.66. The van der Waals surface area contributed by atoms with Crippen molar-refractivity contribution in [3.8, 4) is 0 Å². The lowest BCUT2D eigenvalue weighted by atomic mass is 10.0. The molecule has 1 saturated heterocycles. The van der Waals surface area contributed by atoms with Gasteiger partial charge in [-0.25, -0.2) is 13.7 Å². The Hall–Kier alpha value is -0.700. The van der Waals surface area contributed by atoms with Crippen molar-refractivity contribution in [1.82, 2.24) is 0 Å². The SMILES string of the molecule is N/C=C(\C(N)=O)[C@@H]1O[C@H](COP(=O)(O)OP(=O)(O)OP(=O)(O)O)C(O)[C@@H]1O. The predicted octanol–water partition coefficient (Wildman–Crippen LogP) is -2.85. The molecule has 1 rings (SSSR count). The molecule has 1 amide bonds. The number of hydrogen-bond donors (Lipinski definition) is 8. The highest BCUT2D eigenvalue weighted by atomic mass is 31.3. The molecule has 0 aliphatic carbocycles. The van der Waals surface area contributed by atoms with Crippen LogP contribution in [0.25, 0.3) is 0 Å². The summed E-state index contributed by atoms with van der Waals surface area (Å²) in [6.07, 6.45) is -5.84. The zero-order chi connectivity index (χ0) is 21.2. The third-order valence-corrected chi connectivity index (χ3v) is 6.75. The van der Waals surface area contributed by atoms with Crippen LogP contribution in [-0.4, -0.2) is 66.7 Å². The van der Waals surface area contributed by atoms with Gasteiger partial charge in [0.25, 0.3) is 0 Å². The van der Waals surface area contributed by atoms with E-state index in [-0.39, 0.29) is 0 Å². The first-order valence-electron chi connectivity index (χ1n) is 6.60. The van der Waals surface area contributed by atoms with Gasteiger partial charge in [0.05, 0.1) is 12.2 Å². The Labute approximate surface area is 150 Å². The van der Waals surface area contributed by atoms with Gasteiger partial charge in [-0.2, -0.15) is 8.62 Å². The molecule has 10 N–H and O–H groups in total. The summed E-state index contributed by atoms with van der Waals surface area (Å²) in [7, 11) is -16.7. The summed E-state index contributed by atoms with van der Waals surface area (Å²) in [4.78, 5) is 46.3. The summed E-state index contributed by atoms with van der Waals surface area (Å²) < 4.78 is 49.6. The van der Waals surface area contributed by atoms with Crippen molar-refractivity contribution in [2.45, 2.75) is 24.4 Å². The minimum Gasteiger partial charge on any atom is -0.404 e. The van der Waals surface area contributed by atoms with Crippen LogP contribution in [0.2, 0.25) is 0 Å². The van der Waals surface area contributed by atoms with Gasteiger partial charge < -0.3 is 46.0 Å². The molecule has 1 fully saturated rings. The van der Waals surface area contributed by atoms with Gasteiger partial charge in [0.15, 0.2) is 0 Å². The Morgan fingerprint density at radius 1 is 1.04 bits per heavy atom. The van der Waals surface area contributed by atoms with Gasteiger partial charge in [-0.15, -0.1) is 0 Å². The summed E-state index contributed by atoms with van der Waals surface area (Å²) in [6, 6.07) is 0. The number of amides is 1. The second-order valence-electron chi connectivity index (χ2n) is 4.95. The highest BCUT2D eigenvalue weighted by Gasteiger charge is 2.47. The van der Waals surface area contributed by atoms with Crippen LogP contribution in [0.15, 0.2) is 11.8 Å². The molecule has 0 spiro atoms. The average molecular weight is 458 g/mol. The minimum absolute atomic E-state index is 0.414. The van der Waals surface area contributed by atoms with Gasteiger partial charge >= 0.3 is 23.5 Å². The van der Waals surface area contributed by atoms with E-state index in [0.29, 0.717) is 6.20 Å². The monoisotopic (exact) mass is 458 g/mol. The lowest BCUT2D eigenvalue weighted by Gasteiger charge is -2.19. The summed E-state index contributed by atoms with van der Waals surface area (Å²) in [5, 5.41) is 19.7. The lowest BCUT2D eigenvalue weighted by Crippen LogP contribution is -2.37. The molecule has 1 aliphatic rings.